The number of carbonyl (C=O) groups excluding carboxylic acids is 1. The molecule has 0 radical (unpaired) electrons. The summed E-state index contributed by atoms with van der Waals surface area (Å²) in [4.78, 5) is 24.0. The maximum absolute atomic E-state index is 12.1. The number of aryl methyl sites for hydroxylation is 1. The summed E-state index contributed by atoms with van der Waals surface area (Å²) in [6, 6.07) is 11.9. The molecule has 3 aromatic rings. The van der Waals surface area contributed by atoms with Crippen LogP contribution in [-0.2, 0) is 22.6 Å². The molecule has 0 amide bonds. The summed E-state index contributed by atoms with van der Waals surface area (Å²) in [6.07, 6.45) is 1.85. The van der Waals surface area contributed by atoms with Crippen LogP contribution in [0, 0.1) is 12.8 Å². The third kappa shape index (κ3) is 4.79. The Balaban J connectivity index is 1.51. The summed E-state index contributed by atoms with van der Waals surface area (Å²) < 4.78 is 10.9. The molecule has 1 N–H and O–H groups in total. The van der Waals surface area contributed by atoms with E-state index in [9.17, 15) is 4.79 Å². The predicted octanol–water partition coefficient (Wildman–Crippen LogP) is 3.92. The molecule has 7 nitrogen and oxygen atoms in total. The van der Waals surface area contributed by atoms with Crippen molar-refractivity contribution in [3.63, 3.8) is 0 Å². The Labute approximate surface area is 176 Å². The van der Waals surface area contributed by atoms with Crippen molar-refractivity contribution in [1.82, 2.24) is 14.9 Å². The Kier molecular flexibility index (Phi) is 6.28. The number of likely N-dealkylation sites (tertiary alicyclic amines) is 1. The van der Waals surface area contributed by atoms with Crippen molar-refractivity contribution in [1.29, 1.82) is 0 Å². The van der Waals surface area contributed by atoms with Gasteiger partial charge in [0.15, 0.2) is 0 Å². The van der Waals surface area contributed by atoms with Gasteiger partial charge < -0.3 is 14.5 Å². The first kappa shape index (κ1) is 20.3. The van der Waals surface area contributed by atoms with Crippen molar-refractivity contribution < 1.29 is 13.9 Å². The molecule has 0 saturated carbocycles. The molecule has 1 aliphatic rings. The molecule has 2 aromatic heterocycles. The average molecular weight is 409 g/mol. The van der Waals surface area contributed by atoms with Gasteiger partial charge in [-0.3, -0.25) is 9.69 Å². The van der Waals surface area contributed by atoms with E-state index in [0.29, 0.717) is 26.2 Å². The number of ether oxygens (including phenoxy) is 1. The topological polar surface area (TPSA) is 80.5 Å². The Morgan fingerprint density at radius 1 is 1.27 bits per heavy atom. The SMILES string of the molecule is CCOC(=O)C1CCCN(Cc2nc(NCc3ccc(C)o3)c3ccccc3n2)C1. The molecule has 30 heavy (non-hydrogen) atoms. The van der Waals surface area contributed by atoms with Gasteiger partial charge in [-0.25, -0.2) is 9.97 Å². The van der Waals surface area contributed by atoms with Crippen LogP contribution in [0.15, 0.2) is 40.8 Å². The van der Waals surface area contributed by atoms with E-state index in [-0.39, 0.29) is 11.9 Å². The number of para-hydroxylation sites is 1. The molecule has 0 bridgehead atoms. The van der Waals surface area contributed by atoms with Crippen LogP contribution in [0.25, 0.3) is 10.9 Å². The lowest BCUT2D eigenvalue weighted by molar-refractivity contribution is -0.150. The zero-order valence-electron chi connectivity index (χ0n) is 17.6. The smallest absolute Gasteiger partial charge is 0.310 e. The summed E-state index contributed by atoms with van der Waals surface area (Å²) in [5.74, 6) is 3.13. The quantitative estimate of drug-likeness (QED) is 0.594. The molecular formula is C23H28N4O3. The standard InChI is InChI=1S/C23H28N4O3/c1-3-29-23(28)17-7-6-12-27(14-17)15-21-25-20-9-5-4-8-19(20)22(26-21)24-13-18-11-10-16(2)30-18/h4-5,8-11,17H,3,6-7,12-15H2,1-2H3,(H,24,25,26). The number of piperidine rings is 1. The zero-order chi connectivity index (χ0) is 20.9. The lowest BCUT2D eigenvalue weighted by Crippen LogP contribution is -2.39. The highest BCUT2D eigenvalue weighted by Crippen LogP contribution is 2.23. The molecule has 7 heteroatoms. The van der Waals surface area contributed by atoms with Crippen molar-refractivity contribution in [3.8, 4) is 0 Å². The number of esters is 1. The highest BCUT2D eigenvalue weighted by molar-refractivity contribution is 5.88. The largest absolute Gasteiger partial charge is 0.466 e. The normalized spacial score (nSPS) is 17.2. The molecule has 1 atom stereocenters. The van der Waals surface area contributed by atoms with Crippen LogP contribution in [0.3, 0.4) is 0 Å². The Hall–Kier alpha value is -2.93. The minimum absolute atomic E-state index is 0.0704. The van der Waals surface area contributed by atoms with E-state index in [2.05, 4.69) is 10.2 Å². The number of rotatable bonds is 7. The summed E-state index contributed by atoms with van der Waals surface area (Å²) >= 11 is 0. The van der Waals surface area contributed by atoms with Gasteiger partial charge in [-0.05, 0) is 57.5 Å². The van der Waals surface area contributed by atoms with Gasteiger partial charge in [-0.2, -0.15) is 0 Å². The molecule has 1 unspecified atom stereocenters. The predicted molar refractivity (Wildman–Crippen MR) is 115 cm³/mol. The minimum Gasteiger partial charge on any atom is -0.466 e. The van der Waals surface area contributed by atoms with E-state index in [1.165, 1.54) is 0 Å². The first-order valence-corrected chi connectivity index (χ1v) is 10.6. The van der Waals surface area contributed by atoms with Gasteiger partial charge >= 0.3 is 5.97 Å². The number of fused-ring (bicyclic) bond motifs is 1. The fraction of sp³-hybridized carbons (Fsp3) is 0.435. The molecule has 3 heterocycles. The van der Waals surface area contributed by atoms with Crippen LogP contribution in [0.5, 0.6) is 0 Å². The number of benzene rings is 1. The van der Waals surface area contributed by atoms with Crippen LogP contribution < -0.4 is 5.32 Å². The third-order valence-electron chi connectivity index (χ3n) is 5.37. The van der Waals surface area contributed by atoms with E-state index in [1.54, 1.807) is 0 Å². The number of hydrogen-bond donors (Lipinski definition) is 1. The fourth-order valence-electron chi connectivity index (χ4n) is 3.93. The molecular weight excluding hydrogens is 380 g/mol. The van der Waals surface area contributed by atoms with Crippen LogP contribution in [0.4, 0.5) is 5.82 Å². The number of hydrogen-bond acceptors (Lipinski definition) is 7. The molecule has 1 aromatic carbocycles. The lowest BCUT2D eigenvalue weighted by atomic mass is 9.98. The van der Waals surface area contributed by atoms with Gasteiger partial charge in [0.05, 0.1) is 31.1 Å². The van der Waals surface area contributed by atoms with Gasteiger partial charge in [0.2, 0.25) is 0 Å². The second-order valence-electron chi connectivity index (χ2n) is 7.70. The summed E-state index contributed by atoms with van der Waals surface area (Å²) in [5.41, 5.74) is 0.902. The Morgan fingerprint density at radius 2 is 2.13 bits per heavy atom. The highest BCUT2D eigenvalue weighted by Gasteiger charge is 2.27. The van der Waals surface area contributed by atoms with Crippen molar-refractivity contribution in [2.45, 2.75) is 39.8 Å². The molecule has 1 aliphatic heterocycles. The first-order valence-electron chi connectivity index (χ1n) is 10.6. The van der Waals surface area contributed by atoms with Crippen molar-refractivity contribution in [2.75, 3.05) is 25.0 Å². The number of carbonyl (C=O) groups is 1. The molecule has 0 aliphatic carbocycles. The Bertz CT molecular complexity index is 1020. The molecule has 1 fully saturated rings. The number of furan rings is 1. The average Bonchev–Trinajstić information content (AvgIpc) is 3.17. The fourth-order valence-corrected chi connectivity index (χ4v) is 3.93. The maximum Gasteiger partial charge on any atom is 0.310 e. The minimum atomic E-state index is -0.0993. The van der Waals surface area contributed by atoms with Gasteiger partial charge in [-0.1, -0.05) is 12.1 Å². The van der Waals surface area contributed by atoms with Gasteiger partial charge in [0.1, 0.15) is 23.2 Å². The van der Waals surface area contributed by atoms with E-state index in [4.69, 9.17) is 19.1 Å². The maximum atomic E-state index is 12.1. The van der Waals surface area contributed by atoms with Crippen LogP contribution in [0.2, 0.25) is 0 Å². The molecule has 4 rings (SSSR count). The van der Waals surface area contributed by atoms with Crippen molar-refractivity contribution >= 4 is 22.7 Å². The summed E-state index contributed by atoms with van der Waals surface area (Å²) in [6.45, 7) is 6.99. The van der Waals surface area contributed by atoms with Gasteiger partial charge in [0, 0.05) is 11.9 Å². The zero-order valence-corrected chi connectivity index (χ0v) is 17.6. The second-order valence-corrected chi connectivity index (χ2v) is 7.70. The van der Waals surface area contributed by atoms with Crippen LogP contribution in [0.1, 0.15) is 37.1 Å². The van der Waals surface area contributed by atoms with Crippen molar-refractivity contribution in [2.24, 2.45) is 5.92 Å². The lowest BCUT2D eigenvalue weighted by Gasteiger charge is -2.31. The van der Waals surface area contributed by atoms with E-state index in [0.717, 1.165) is 53.5 Å². The summed E-state index contributed by atoms with van der Waals surface area (Å²) in [7, 11) is 0. The number of nitrogens with one attached hydrogen (secondary N) is 1. The van der Waals surface area contributed by atoms with E-state index < -0.39 is 0 Å². The van der Waals surface area contributed by atoms with E-state index >= 15 is 0 Å². The third-order valence-corrected chi connectivity index (χ3v) is 5.37. The summed E-state index contributed by atoms with van der Waals surface area (Å²) in [5, 5.41) is 4.38. The first-order chi connectivity index (χ1) is 14.6. The van der Waals surface area contributed by atoms with Gasteiger partial charge in [-0.15, -0.1) is 0 Å². The molecule has 1 saturated heterocycles. The second kappa shape index (κ2) is 9.26. The number of anilines is 1. The van der Waals surface area contributed by atoms with Crippen LogP contribution >= 0.6 is 0 Å². The highest BCUT2D eigenvalue weighted by atomic mass is 16.5. The molecule has 0 spiro atoms. The number of nitrogens with zero attached hydrogens (tertiary/aromatic N) is 3. The van der Waals surface area contributed by atoms with E-state index in [1.807, 2.05) is 50.2 Å². The van der Waals surface area contributed by atoms with Gasteiger partial charge in [0.25, 0.3) is 0 Å². The van der Waals surface area contributed by atoms with Crippen molar-refractivity contribution in [3.05, 3.63) is 53.7 Å². The number of aromatic nitrogens is 2. The molecule has 158 valence electrons. The van der Waals surface area contributed by atoms with Crippen LogP contribution in [-0.4, -0.2) is 40.5 Å². The monoisotopic (exact) mass is 408 g/mol. The Morgan fingerprint density at radius 3 is 2.93 bits per heavy atom.